The Hall–Kier alpha value is -1.03. The third kappa shape index (κ3) is 5.03. The third-order valence-electron chi connectivity index (χ3n) is 3.24. The van der Waals surface area contributed by atoms with E-state index in [1.165, 1.54) is 6.20 Å². The van der Waals surface area contributed by atoms with Crippen LogP contribution < -0.4 is 16.2 Å². The minimum atomic E-state index is -0.326. The maximum atomic E-state index is 11.6. The van der Waals surface area contributed by atoms with Crippen molar-refractivity contribution in [2.75, 3.05) is 31.6 Å². The number of β-amino-alcohol motifs (C(OH)–C–C–N with tert-alkyl or cyclic N) is 1. The SMILES string of the molecule is O=c1[nH]cc(Br)nc1NC(=S)N[C@@H]1CCCN(CCO)C1. The van der Waals surface area contributed by atoms with Crippen LogP contribution in [0, 0.1) is 0 Å². The minimum absolute atomic E-state index is 0.157. The summed E-state index contributed by atoms with van der Waals surface area (Å²) in [6.07, 6.45) is 3.53. The largest absolute Gasteiger partial charge is 0.395 e. The Balaban J connectivity index is 1.89. The molecule has 1 fully saturated rings. The number of aromatic amines is 1. The number of aromatic nitrogens is 2. The second kappa shape index (κ2) is 7.83. The van der Waals surface area contributed by atoms with Crippen molar-refractivity contribution in [1.82, 2.24) is 20.2 Å². The van der Waals surface area contributed by atoms with E-state index in [0.717, 1.165) is 25.9 Å². The standard InChI is InChI=1S/C12H18BrN5O2S/c13-9-6-14-11(20)10(16-9)17-12(21)15-8-2-1-3-18(7-8)4-5-19/h6,8,19H,1-5,7H2,(H,14,20)(H2,15,16,17,21)/t8-/m1/s1. The van der Waals surface area contributed by atoms with E-state index in [2.05, 4.69) is 41.4 Å². The maximum absolute atomic E-state index is 11.6. The minimum Gasteiger partial charge on any atom is -0.395 e. The molecule has 1 aromatic rings. The van der Waals surface area contributed by atoms with Crippen molar-refractivity contribution < 1.29 is 5.11 Å². The number of piperidine rings is 1. The Bertz CT molecular complexity index is 551. The molecule has 0 aliphatic carbocycles. The number of anilines is 1. The maximum Gasteiger partial charge on any atom is 0.291 e. The summed E-state index contributed by atoms with van der Waals surface area (Å²) in [7, 11) is 0. The lowest BCUT2D eigenvalue weighted by atomic mass is 10.1. The van der Waals surface area contributed by atoms with Crippen LogP contribution in [0.4, 0.5) is 5.82 Å². The molecule has 116 valence electrons. The second-order valence-corrected chi connectivity index (χ2v) is 6.08. The number of thiocarbonyl (C=S) groups is 1. The summed E-state index contributed by atoms with van der Waals surface area (Å²) >= 11 is 8.42. The van der Waals surface area contributed by atoms with Crippen molar-refractivity contribution in [1.29, 1.82) is 0 Å². The summed E-state index contributed by atoms with van der Waals surface area (Å²) in [5.74, 6) is 0.157. The monoisotopic (exact) mass is 375 g/mol. The predicted molar refractivity (Wildman–Crippen MR) is 88.5 cm³/mol. The number of hydrogen-bond donors (Lipinski definition) is 4. The summed E-state index contributed by atoms with van der Waals surface area (Å²) in [6, 6.07) is 0.205. The van der Waals surface area contributed by atoms with E-state index in [1.54, 1.807) is 0 Å². The summed E-state index contributed by atoms with van der Waals surface area (Å²) in [6.45, 7) is 2.65. The van der Waals surface area contributed by atoms with Crippen LogP contribution in [-0.2, 0) is 0 Å². The Morgan fingerprint density at radius 2 is 2.48 bits per heavy atom. The first kappa shape index (κ1) is 16.3. The normalized spacial score (nSPS) is 19.2. The molecule has 2 rings (SSSR count). The van der Waals surface area contributed by atoms with Crippen LogP contribution >= 0.6 is 28.1 Å². The van der Waals surface area contributed by atoms with E-state index >= 15 is 0 Å². The van der Waals surface area contributed by atoms with Gasteiger partial charge in [-0.15, -0.1) is 0 Å². The van der Waals surface area contributed by atoms with Gasteiger partial charge in [0.25, 0.3) is 5.56 Å². The van der Waals surface area contributed by atoms with Gasteiger partial charge in [-0.25, -0.2) is 4.98 Å². The topological polar surface area (TPSA) is 93.3 Å². The number of halogens is 1. The number of H-pyrrole nitrogens is 1. The van der Waals surface area contributed by atoms with Crippen molar-refractivity contribution in [3.63, 3.8) is 0 Å². The van der Waals surface area contributed by atoms with Crippen LogP contribution in [0.3, 0.4) is 0 Å². The van der Waals surface area contributed by atoms with Crippen molar-refractivity contribution in [2.45, 2.75) is 18.9 Å². The number of nitrogens with one attached hydrogen (secondary N) is 3. The summed E-state index contributed by atoms with van der Waals surface area (Å²) in [5, 5.41) is 15.4. The van der Waals surface area contributed by atoms with Crippen molar-refractivity contribution >= 4 is 39.1 Å². The molecular weight excluding hydrogens is 358 g/mol. The molecule has 0 saturated carbocycles. The van der Waals surface area contributed by atoms with E-state index in [4.69, 9.17) is 17.3 Å². The molecule has 0 radical (unpaired) electrons. The number of hydrogen-bond acceptors (Lipinski definition) is 5. The highest BCUT2D eigenvalue weighted by Gasteiger charge is 2.20. The molecular formula is C12H18BrN5O2S. The van der Waals surface area contributed by atoms with Gasteiger partial charge in [-0.3, -0.25) is 9.69 Å². The van der Waals surface area contributed by atoms with E-state index in [1.807, 2.05) is 0 Å². The zero-order valence-corrected chi connectivity index (χ0v) is 13.8. The number of aliphatic hydroxyl groups is 1. The molecule has 7 nitrogen and oxygen atoms in total. The molecule has 0 aromatic carbocycles. The number of nitrogens with zero attached hydrogens (tertiary/aromatic N) is 2. The van der Waals surface area contributed by atoms with Gasteiger partial charge in [0.1, 0.15) is 4.60 Å². The van der Waals surface area contributed by atoms with Gasteiger partial charge in [-0.2, -0.15) is 0 Å². The van der Waals surface area contributed by atoms with Gasteiger partial charge in [0.2, 0.25) is 0 Å². The molecule has 2 heterocycles. The van der Waals surface area contributed by atoms with Crippen molar-refractivity contribution in [3.8, 4) is 0 Å². The molecule has 4 N–H and O–H groups in total. The zero-order valence-electron chi connectivity index (χ0n) is 11.4. The van der Waals surface area contributed by atoms with E-state index in [-0.39, 0.29) is 24.0 Å². The van der Waals surface area contributed by atoms with E-state index in [9.17, 15) is 4.79 Å². The second-order valence-electron chi connectivity index (χ2n) is 4.86. The van der Waals surface area contributed by atoms with Crippen molar-refractivity contribution in [3.05, 3.63) is 21.2 Å². The molecule has 1 aromatic heterocycles. The molecule has 9 heteroatoms. The Morgan fingerprint density at radius 3 is 3.24 bits per heavy atom. The van der Waals surface area contributed by atoms with E-state index < -0.39 is 0 Å². The molecule has 0 bridgehead atoms. The highest BCUT2D eigenvalue weighted by atomic mass is 79.9. The molecule has 1 saturated heterocycles. The third-order valence-corrected chi connectivity index (χ3v) is 3.87. The fraction of sp³-hybridized carbons (Fsp3) is 0.583. The first-order valence-corrected chi connectivity index (χ1v) is 7.94. The molecule has 1 atom stereocenters. The fourth-order valence-corrected chi connectivity index (χ4v) is 2.87. The summed E-state index contributed by atoms with van der Waals surface area (Å²) in [5.41, 5.74) is -0.326. The van der Waals surface area contributed by atoms with Crippen LogP contribution in [-0.4, -0.2) is 57.4 Å². The zero-order chi connectivity index (χ0) is 15.2. The van der Waals surface area contributed by atoms with E-state index in [0.29, 0.717) is 16.3 Å². The first-order valence-electron chi connectivity index (χ1n) is 6.74. The van der Waals surface area contributed by atoms with Gasteiger partial charge < -0.3 is 20.7 Å². The number of likely N-dealkylation sites (tertiary alicyclic amines) is 1. The number of aliphatic hydroxyl groups excluding tert-OH is 1. The predicted octanol–water partition coefficient (Wildman–Crippen LogP) is 0.275. The average Bonchev–Trinajstić information content (AvgIpc) is 2.43. The quantitative estimate of drug-likeness (QED) is 0.561. The summed E-state index contributed by atoms with van der Waals surface area (Å²) in [4.78, 5) is 20.4. The van der Waals surface area contributed by atoms with Crippen LogP contribution in [0.5, 0.6) is 0 Å². The van der Waals surface area contributed by atoms with Crippen LogP contribution in [0.25, 0.3) is 0 Å². The Labute approximate surface area is 136 Å². The van der Waals surface area contributed by atoms with Gasteiger partial charge in [0, 0.05) is 25.3 Å². The van der Waals surface area contributed by atoms with Crippen molar-refractivity contribution in [2.24, 2.45) is 0 Å². The smallest absolute Gasteiger partial charge is 0.291 e. The number of rotatable bonds is 4. The van der Waals surface area contributed by atoms with Crippen LogP contribution in [0.15, 0.2) is 15.6 Å². The highest BCUT2D eigenvalue weighted by molar-refractivity contribution is 9.10. The van der Waals surface area contributed by atoms with Gasteiger partial charge in [-0.1, -0.05) is 0 Å². The lowest BCUT2D eigenvalue weighted by Gasteiger charge is -2.33. The molecule has 0 unspecified atom stereocenters. The Morgan fingerprint density at radius 1 is 1.67 bits per heavy atom. The van der Waals surface area contributed by atoms with Crippen LogP contribution in [0.1, 0.15) is 12.8 Å². The summed E-state index contributed by atoms with van der Waals surface area (Å²) < 4.78 is 0.527. The molecule has 21 heavy (non-hydrogen) atoms. The molecule has 0 spiro atoms. The first-order chi connectivity index (χ1) is 10.1. The van der Waals surface area contributed by atoms with Crippen LogP contribution in [0.2, 0.25) is 0 Å². The van der Waals surface area contributed by atoms with Gasteiger partial charge in [0.15, 0.2) is 10.9 Å². The lowest BCUT2D eigenvalue weighted by molar-refractivity contribution is 0.157. The van der Waals surface area contributed by atoms with Gasteiger partial charge >= 0.3 is 0 Å². The lowest BCUT2D eigenvalue weighted by Crippen LogP contribution is -2.49. The molecule has 1 aliphatic rings. The highest BCUT2D eigenvalue weighted by Crippen LogP contribution is 2.10. The molecule has 0 amide bonds. The van der Waals surface area contributed by atoms with Gasteiger partial charge in [-0.05, 0) is 47.5 Å². The fourth-order valence-electron chi connectivity index (χ4n) is 2.31. The Kier molecular flexibility index (Phi) is 6.09. The molecule has 1 aliphatic heterocycles. The van der Waals surface area contributed by atoms with Gasteiger partial charge in [0.05, 0.1) is 6.61 Å². The average molecular weight is 376 g/mol.